The highest BCUT2D eigenvalue weighted by Crippen LogP contribution is 2.47. The minimum absolute atomic E-state index is 0.534. The largest absolute Gasteiger partial charge is 0.456 e. The summed E-state index contributed by atoms with van der Waals surface area (Å²) in [4.78, 5) is 15.6. The second kappa shape index (κ2) is 13.6. The van der Waals surface area contributed by atoms with Crippen molar-refractivity contribution in [2.75, 3.05) is 0 Å². The Labute approximate surface area is 368 Å². The monoisotopic (exact) mass is 836 g/mol. The highest BCUT2D eigenvalue weighted by atomic mass is 32.1. The second-order valence-electron chi connectivity index (χ2n) is 16.2. The third-order valence-corrected chi connectivity index (χ3v) is 13.8. The summed E-state index contributed by atoms with van der Waals surface area (Å²) < 4.78 is 18.2. The first-order chi connectivity index (χ1) is 31.7. The lowest BCUT2D eigenvalue weighted by Gasteiger charge is -2.12. The van der Waals surface area contributed by atoms with Crippen molar-refractivity contribution >= 4 is 97.2 Å². The van der Waals surface area contributed by atoms with Crippen LogP contribution in [0.15, 0.2) is 203 Å². The molecule has 64 heavy (non-hydrogen) atoms. The van der Waals surface area contributed by atoms with Crippen LogP contribution in [0.5, 0.6) is 0 Å². The van der Waals surface area contributed by atoms with Crippen molar-refractivity contribution in [1.82, 2.24) is 19.5 Å². The Bertz CT molecular complexity index is 4200. The van der Waals surface area contributed by atoms with Gasteiger partial charge in [-0.05, 0) is 66.2 Å². The van der Waals surface area contributed by atoms with Gasteiger partial charge in [0.15, 0.2) is 17.5 Å². The summed E-state index contributed by atoms with van der Waals surface area (Å²) in [6.07, 6.45) is 0. The fourth-order valence-electron chi connectivity index (χ4n) is 9.89. The zero-order chi connectivity index (χ0) is 41.9. The molecule has 0 unspecified atom stereocenters. The molecular weight excluding hydrogens is 805 g/mol. The van der Waals surface area contributed by atoms with E-state index in [4.69, 9.17) is 23.8 Å². The van der Waals surface area contributed by atoms with Crippen molar-refractivity contribution in [3.05, 3.63) is 194 Å². The van der Waals surface area contributed by atoms with Crippen LogP contribution in [0.3, 0.4) is 0 Å². The average molecular weight is 837 g/mol. The van der Waals surface area contributed by atoms with Crippen molar-refractivity contribution < 1.29 is 8.83 Å². The molecule has 0 amide bonds. The van der Waals surface area contributed by atoms with Crippen molar-refractivity contribution in [2.45, 2.75) is 0 Å². The lowest BCUT2D eigenvalue weighted by Crippen LogP contribution is -2.00. The molecule has 0 saturated heterocycles. The van der Waals surface area contributed by atoms with Gasteiger partial charge in [-0.2, -0.15) is 0 Å². The van der Waals surface area contributed by atoms with E-state index < -0.39 is 0 Å². The Kier molecular flexibility index (Phi) is 7.46. The van der Waals surface area contributed by atoms with E-state index in [0.29, 0.717) is 17.5 Å². The number of hydrogen-bond acceptors (Lipinski definition) is 6. The van der Waals surface area contributed by atoms with Crippen LogP contribution in [-0.4, -0.2) is 19.5 Å². The van der Waals surface area contributed by atoms with Crippen LogP contribution in [0.1, 0.15) is 0 Å². The van der Waals surface area contributed by atoms with Gasteiger partial charge in [0.2, 0.25) is 0 Å². The van der Waals surface area contributed by atoms with Crippen LogP contribution >= 0.6 is 11.3 Å². The number of rotatable bonds is 5. The molecule has 0 aliphatic carbocycles. The molecule has 0 aliphatic rings. The number of thiophene rings is 1. The Hall–Kier alpha value is -8.39. The molecule has 5 heterocycles. The van der Waals surface area contributed by atoms with Crippen molar-refractivity contribution in [2.24, 2.45) is 0 Å². The van der Waals surface area contributed by atoms with Crippen molar-refractivity contribution in [3.8, 4) is 51.0 Å². The van der Waals surface area contributed by atoms with Gasteiger partial charge in [-0.25, -0.2) is 15.0 Å². The lowest BCUT2D eigenvalue weighted by atomic mass is 9.98. The van der Waals surface area contributed by atoms with E-state index in [1.807, 2.05) is 84.1 Å². The fourth-order valence-corrected chi connectivity index (χ4v) is 11.0. The van der Waals surface area contributed by atoms with Crippen LogP contribution in [0.4, 0.5) is 0 Å². The van der Waals surface area contributed by atoms with Gasteiger partial charge in [-0.3, -0.25) is 0 Å². The summed E-state index contributed by atoms with van der Waals surface area (Å²) in [6, 6.07) is 67.8. The molecule has 0 N–H and O–H groups in total. The number of para-hydroxylation sites is 4. The zero-order valence-corrected chi connectivity index (χ0v) is 34.8. The van der Waals surface area contributed by atoms with Gasteiger partial charge in [0.05, 0.1) is 16.6 Å². The Morgan fingerprint density at radius 2 is 1.03 bits per heavy atom. The van der Waals surface area contributed by atoms with E-state index in [2.05, 4.69) is 126 Å². The average Bonchev–Trinajstić information content (AvgIpc) is 4.13. The summed E-state index contributed by atoms with van der Waals surface area (Å²) in [6.45, 7) is 0. The Balaban J connectivity index is 1.02. The highest BCUT2D eigenvalue weighted by molar-refractivity contribution is 7.26. The maximum atomic E-state index is 6.65. The van der Waals surface area contributed by atoms with Crippen LogP contribution in [0.2, 0.25) is 0 Å². The maximum Gasteiger partial charge on any atom is 0.167 e. The van der Waals surface area contributed by atoms with E-state index in [1.165, 1.54) is 36.5 Å². The van der Waals surface area contributed by atoms with E-state index in [1.54, 1.807) is 0 Å². The normalized spacial score (nSPS) is 12.1. The number of benzene rings is 9. The molecule has 0 aliphatic heterocycles. The van der Waals surface area contributed by atoms with E-state index in [9.17, 15) is 0 Å². The van der Waals surface area contributed by atoms with Gasteiger partial charge in [-0.1, -0.05) is 133 Å². The summed E-state index contributed by atoms with van der Waals surface area (Å²) in [5, 5.41) is 9.07. The van der Waals surface area contributed by atoms with Crippen LogP contribution < -0.4 is 0 Å². The standard InChI is InChI=1S/C57H32N4O2S/c1-3-14-33(15-4-1)55-58-56(60-57(59-55)42-24-12-21-38-37-18-7-9-25-45(37)63-54(38)42)41-23-13-26-47-50(41)43-32-34(28-30-46(43)62-47)36-20-11-22-40-51-44(61(53(36)40)35-16-5-2-6-17-35)29-31-49-52(51)39-19-8-10-27-48(39)64-49/h1-32H. The lowest BCUT2D eigenvalue weighted by molar-refractivity contribution is 0.668. The molecular formula is C57H32N4O2S. The van der Waals surface area contributed by atoms with E-state index in [0.717, 1.165) is 82.9 Å². The fraction of sp³-hybridized carbons (Fsp3) is 0. The first-order valence-electron chi connectivity index (χ1n) is 21.3. The summed E-state index contributed by atoms with van der Waals surface area (Å²) in [7, 11) is 0. The number of fused-ring (bicyclic) bond motifs is 13. The van der Waals surface area contributed by atoms with E-state index in [-0.39, 0.29) is 0 Å². The second-order valence-corrected chi connectivity index (χ2v) is 17.3. The predicted octanol–water partition coefficient (Wildman–Crippen LogP) is 15.8. The molecule has 14 aromatic rings. The smallest absolute Gasteiger partial charge is 0.167 e. The predicted molar refractivity (Wildman–Crippen MR) is 263 cm³/mol. The summed E-state index contributed by atoms with van der Waals surface area (Å²) >= 11 is 1.86. The van der Waals surface area contributed by atoms with E-state index >= 15 is 0 Å². The summed E-state index contributed by atoms with van der Waals surface area (Å²) in [5.74, 6) is 1.66. The van der Waals surface area contributed by atoms with Crippen molar-refractivity contribution in [1.29, 1.82) is 0 Å². The molecule has 7 heteroatoms. The quantitative estimate of drug-likeness (QED) is 0.173. The van der Waals surface area contributed by atoms with Gasteiger partial charge >= 0.3 is 0 Å². The molecule has 14 rings (SSSR count). The molecule has 6 nitrogen and oxygen atoms in total. The minimum atomic E-state index is 0.534. The Morgan fingerprint density at radius 1 is 0.375 bits per heavy atom. The van der Waals surface area contributed by atoms with Crippen LogP contribution in [-0.2, 0) is 0 Å². The molecule has 0 bridgehead atoms. The maximum absolute atomic E-state index is 6.65. The zero-order valence-electron chi connectivity index (χ0n) is 34.0. The molecule has 298 valence electrons. The molecule has 0 saturated carbocycles. The molecule has 9 aromatic carbocycles. The molecule has 0 spiro atoms. The third kappa shape index (κ3) is 5.16. The topological polar surface area (TPSA) is 69.9 Å². The number of furan rings is 2. The molecule has 0 atom stereocenters. The van der Waals surface area contributed by atoms with Crippen LogP contribution in [0.25, 0.3) is 137 Å². The number of aromatic nitrogens is 4. The first-order valence-corrected chi connectivity index (χ1v) is 22.2. The van der Waals surface area contributed by atoms with Crippen molar-refractivity contribution in [3.63, 3.8) is 0 Å². The minimum Gasteiger partial charge on any atom is -0.456 e. The Morgan fingerprint density at radius 3 is 1.91 bits per heavy atom. The van der Waals surface area contributed by atoms with Gasteiger partial charge < -0.3 is 13.4 Å². The molecule has 0 fully saturated rings. The third-order valence-electron chi connectivity index (χ3n) is 12.7. The summed E-state index contributed by atoms with van der Waals surface area (Å²) in [5.41, 5.74) is 11.3. The highest BCUT2D eigenvalue weighted by Gasteiger charge is 2.23. The van der Waals surface area contributed by atoms with Gasteiger partial charge in [0, 0.05) is 74.9 Å². The van der Waals surface area contributed by atoms with Gasteiger partial charge in [-0.15, -0.1) is 11.3 Å². The molecule has 0 radical (unpaired) electrons. The number of nitrogens with zero attached hydrogens (tertiary/aromatic N) is 4. The SMILES string of the molecule is c1ccc(-c2nc(-c3cccc4c3oc3ccccc34)nc(-c3cccc4oc5ccc(-c6cccc7c8c9c(ccc8n(-c8ccccc8)c67)sc6ccccc69)cc5c34)n2)cc1. The molecule has 5 aromatic heterocycles. The first kappa shape index (κ1) is 35.2. The number of hydrogen-bond donors (Lipinski definition) is 0. The van der Waals surface area contributed by atoms with Gasteiger partial charge in [0.1, 0.15) is 22.3 Å². The van der Waals surface area contributed by atoms with Crippen LogP contribution in [0, 0.1) is 0 Å². The van der Waals surface area contributed by atoms with Gasteiger partial charge in [0.25, 0.3) is 0 Å².